The van der Waals surface area contributed by atoms with Crippen LogP contribution in [0.15, 0.2) is 128 Å². The molecule has 0 bridgehead atoms. The van der Waals surface area contributed by atoms with Crippen molar-refractivity contribution < 1.29 is 22.6 Å². The van der Waals surface area contributed by atoms with Crippen LogP contribution in [0.5, 0.6) is 11.5 Å². The largest absolute Gasteiger partial charge is 0.497 e. The molecule has 2 heterocycles. The van der Waals surface area contributed by atoms with E-state index in [0.717, 1.165) is 33.8 Å². The second-order valence-corrected chi connectivity index (χ2v) is 43.3. The summed E-state index contributed by atoms with van der Waals surface area (Å²) in [6, 6.07) is 38.8. The molecule has 0 amide bonds. The lowest BCUT2D eigenvalue weighted by molar-refractivity contribution is 0.403. The molecule has 0 saturated carbocycles. The maximum Gasteiger partial charge on any atom is 0.130 e. The lowest BCUT2D eigenvalue weighted by Gasteiger charge is -2.27. The van der Waals surface area contributed by atoms with Gasteiger partial charge in [-0.1, -0.05) is 358 Å². The molecule has 0 radical (unpaired) electrons. The minimum atomic E-state index is -0.224. The first kappa shape index (κ1) is 96.8. The van der Waals surface area contributed by atoms with Gasteiger partial charge in [0.1, 0.15) is 29.0 Å². The highest BCUT2D eigenvalue weighted by Crippen LogP contribution is 2.39. The maximum absolute atomic E-state index is 14.5. The molecule has 7 rings (SSSR count). The topological polar surface area (TPSA) is 44.2 Å². The third-order valence-corrected chi connectivity index (χ3v) is 18.4. The van der Waals surface area contributed by atoms with E-state index in [1.165, 1.54) is 44.8 Å². The van der Waals surface area contributed by atoms with Crippen LogP contribution in [0.3, 0.4) is 0 Å². The van der Waals surface area contributed by atoms with Crippen molar-refractivity contribution in [2.45, 2.75) is 367 Å². The average Bonchev–Trinajstić information content (AvgIpc) is 0.794. The summed E-state index contributed by atoms with van der Waals surface area (Å²) in [5, 5.41) is 0. The van der Waals surface area contributed by atoms with E-state index in [1.807, 2.05) is 114 Å². The summed E-state index contributed by atoms with van der Waals surface area (Å²) in [5.74, 6) is 1.40. The first-order valence-electron chi connectivity index (χ1n) is 38.3. The van der Waals surface area contributed by atoms with Crippen LogP contribution in [-0.4, -0.2) is 24.2 Å². The molecule has 0 fully saturated rings. The Morgan fingerprint density at radius 3 is 0.714 bits per heavy atom. The van der Waals surface area contributed by atoms with Gasteiger partial charge >= 0.3 is 0 Å². The number of aromatic nitrogens is 2. The average molecular weight is 1450 g/mol. The number of methoxy groups -OCH3 is 2. The molecular formula is C98H153F3N2O2. The fraction of sp³-hybridized carbons (Fsp3) is 0.592. The second kappa shape index (κ2) is 35.9. The van der Waals surface area contributed by atoms with Crippen LogP contribution in [0.25, 0.3) is 0 Å². The Morgan fingerprint density at radius 1 is 0.229 bits per heavy atom. The van der Waals surface area contributed by atoms with Crippen LogP contribution in [0, 0.1) is 17.5 Å². The van der Waals surface area contributed by atoms with E-state index >= 15 is 0 Å². The quantitative estimate of drug-likeness (QED) is 0.173. The van der Waals surface area contributed by atoms with Crippen LogP contribution in [0.2, 0.25) is 0 Å². The highest BCUT2D eigenvalue weighted by molar-refractivity contribution is 5.44. The number of nitrogens with zero attached hydrogens (tertiary/aromatic N) is 2. The van der Waals surface area contributed by atoms with E-state index in [9.17, 15) is 13.2 Å². The van der Waals surface area contributed by atoms with Crippen molar-refractivity contribution in [3.05, 3.63) is 223 Å². The van der Waals surface area contributed by atoms with Crippen LogP contribution in [0.1, 0.15) is 369 Å². The van der Waals surface area contributed by atoms with E-state index in [2.05, 4.69) is 285 Å². The minimum absolute atomic E-state index is 0.00208. The molecule has 4 nitrogen and oxygen atoms in total. The zero-order valence-corrected chi connectivity index (χ0v) is 75.5. The second-order valence-electron chi connectivity index (χ2n) is 43.3. The molecule has 0 aliphatic carbocycles. The molecule has 0 unspecified atom stereocenters. The van der Waals surface area contributed by atoms with Crippen molar-refractivity contribution in [3.63, 3.8) is 0 Å². The fourth-order valence-corrected chi connectivity index (χ4v) is 10.5. The number of hydrogen-bond acceptors (Lipinski definition) is 4. The number of benzene rings is 5. The van der Waals surface area contributed by atoms with E-state index in [4.69, 9.17) is 14.5 Å². The van der Waals surface area contributed by atoms with Crippen molar-refractivity contribution in [2.24, 2.45) is 0 Å². The number of ether oxygens (including phenoxy) is 2. The molecule has 5 aromatic carbocycles. The van der Waals surface area contributed by atoms with Gasteiger partial charge in [0, 0.05) is 34.6 Å². The molecular weight excluding hydrogens is 1290 g/mol. The molecule has 0 atom stereocenters. The summed E-state index contributed by atoms with van der Waals surface area (Å²) >= 11 is 0. The minimum Gasteiger partial charge on any atom is -0.497 e. The summed E-state index contributed by atoms with van der Waals surface area (Å²) in [7, 11) is 3.35. The number of hydrogen-bond donors (Lipinski definition) is 0. The van der Waals surface area contributed by atoms with E-state index < -0.39 is 0 Å². The third kappa shape index (κ3) is 32.6. The van der Waals surface area contributed by atoms with Gasteiger partial charge in [-0.15, -0.1) is 0 Å². The van der Waals surface area contributed by atoms with E-state index in [-0.39, 0.29) is 93.3 Å². The molecule has 588 valence electrons. The SMILES string of the molecule is CC(C)(C)c1cc(F)cc(C(C)(C)C)c1.CC(C)(C)c1cccc(C(C)(C)C)c1.CC(C)(C)c1cccc(C(C)(C)C)c1F.CC(C)(C)c1cccc(C(C)(C)C)n1.CC(C)(C)c1cncc(C(C)(C)C)c1.COc1cc(C(C)(C)C)c(F)c(C(C)(C)C)c1.COc1cc(C(C)(C)C)cc(C(C)(C)C)c1. The molecule has 7 heteroatoms. The molecule has 7 aromatic rings. The van der Waals surface area contributed by atoms with Crippen molar-refractivity contribution in [1.82, 2.24) is 9.97 Å². The van der Waals surface area contributed by atoms with Crippen molar-refractivity contribution in [2.75, 3.05) is 14.2 Å². The van der Waals surface area contributed by atoms with Crippen molar-refractivity contribution in [3.8, 4) is 11.5 Å². The molecule has 0 N–H and O–H groups in total. The summed E-state index contributed by atoms with van der Waals surface area (Å²) < 4.78 is 52.9. The third-order valence-electron chi connectivity index (χ3n) is 18.4. The molecule has 0 aliphatic heterocycles. The fourth-order valence-electron chi connectivity index (χ4n) is 10.5. The van der Waals surface area contributed by atoms with Crippen LogP contribution >= 0.6 is 0 Å². The van der Waals surface area contributed by atoms with Crippen LogP contribution < -0.4 is 9.47 Å². The molecule has 2 aromatic heterocycles. The Labute approximate surface area is 644 Å². The van der Waals surface area contributed by atoms with Gasteiger partial charge in [-0.25, -0.2) is 13.2 Å². The summed E-state index contributed by atoms with van der Waals surface area (Å²) in [6.45, 7) is 90.4. The Morgan fingerprint density at radius 2 is 0.457 bits per heavy atom. The summed E-state index contributed by atoms with van der Waals surface area (Å²) in [6.07, 6.45) is 3.94. The van der Waals surface area contributed by atoms with Crippen molar-refractivity contribution in [1.29, 1.82) is 0 Å². The molecule has 0 aliphatic rings. The Hall–Kier alpha value is -6.21. The van der Waals surface area contributed by atoms with Crippen LogP contribution in [0.4, 0.5) is 13.2 Å². The highest BCUT2D eigenvalue weighted by atomic mass is 19.1. The summed E-state index contributed by atoms with van der Waals surface area (Å²) in [4.78, 5) is 9.03. The van der Waals surface area contributed by atoms with Crippen LogP contribution in [-0.2, 0) is 75.8 Å². The van der Waals surface area contributed by atoms with Gasteiger partial charge < -0.3 is 9.47 Å². The zero-order valence-electron chi connectivity index (χ0n) is 75.5. The molecule has 0 spiro atoms. The normalized spacial score (nSPS) is 12.9. The maximum atomic E-state index is 14.5. The lowest BCUT2D eigenvalue weighted by atomic mass is 9.80. The standard InChI is InChI=1S/C15H23FO.C15H24O.2C14H21F.C14H22.2C13H21N/c1-14(2,3)11-8-10(17-7)9-12(13(11)16)15(4,5)6;1-14(2,3)11-8-12(15(4,5)6)10-13(9-11)16-7;1-13(2,3)10-7-11(14(4,5)6)9-12(15)8-10;1-13(2,3)10-8-7-9-11(12(10)15)14(4,5)6;1-13(2,3)11-8-7-9-12(10-11)14(4,5)6;1-12(2,3)10-7-11(9-14-8-10)13(4,5)6;1-12(2,3)10-8-7-9-11(14-10)13(4,5)6/h8-9H,1-7H3;8-10H,1-7H3;2*7-9H,1-6H3;7-10H,1-6H3;2*7-9H,1-6H3. The number of pyridine rings is 2. The predicted octanol–water partition coefficient (Wildman–Crippen LogP) is 29.2. The van der Waals surface area contributed by atoms with Gasteiger partial charge in [-0.05, 0) is 180 Å². The van der Waals surface area contributed by atoms with Gasteiger partial charge in [0.2, 0.25) is 0 Å². The van der Waals surface area contributed by atoms with E-state index in [0.29, 0.717) is 11.1 Å². The predicted molar refractivity (Wildman–Crippen MR) is 455 cm³/mol. The monoisotopic (exact) mass is 1450 g/mol. The first-order valence-corrected chi connectivity index (χ1v) is 38.3. The van der Waals surface area contributed by atoms with Gasteiger partial charge in [0.05, 0.1) is 14.2 Å². The first-order chi connectivity index (χ1) is 46.6. The summed E-state index contributed by atoms with van der Waals surface area (Å²) in [5.41, 5.74) is 16.4. The lowest BCUT2D eigenvalue weighted by Crippen LogP contribution is -2.20. The molecule has 0 saturated heterocycles. The number of halogens is 3. The van der Waals surface area contributed by atoms with E-state index in [1.54, 1.807) is 38.5 Å². The van der Waals surface area contributed by atoms with Gasteiger partial charge in [0.25, 0.3) is 0 Å². The highest BCUT2D eigenvalue weighted by Gasteiger charge is 2.30. The Bertz CT molecular complexity index is 3460. The van der Waals surface area contributed by atoms with Crippen molar-refractivity contribution >= 4 is 0 Å². The Balaban J connectivity index is 0.000000613. The zero-order chi connectivity index (χ0) is 82.6. The Kier molecular flexibility index (Phi) is 33.1. The van der Waals surface area contributed by atoms with Gasteiger partial charge in [-0.2, -0.15) is 0 Å². The molecule has 105 heavy (non-hydrogen) atoms. The van der Waals surface area contributed by atoms with Gasteiger partial charge in [-0.3, -0.25) is 9.97 Å². The number of rotatable bonds is 2. The smallest absolute Gasteiger partial charge is 0.130 e. The van der Waals surface area contributed by atoms with Gasteiger partial charge in [0.15, 0.2) is 0 Å².